The Morgan fingerprint density at radius 2 is 1.87 bits per heavy atom. The molecule has 1 heterocycles. The van der Waals surface area contributed by atoms with Crippen LogP contribution in [-0.2, 0) is 0 Å². The zero-order valence-electron chi connectivity index (χ0n) is 10.5. The van der Waals surface area contributed by atoms with E-state index in [0.717, 1.165) is 18.0 Å². The van der Waals surface area contributed by atoms with E-state index in [2.05, 4.69) is 31.0 Å². The molecule has 15 heavy (non-hydrogen) atoms. The van der Waals surface area contributed by atoms with Crippen LogP contribution in [0.1, 0.15) is 46.5 Å². The fourth-order valence-electron chi connectivity index (χ4n) is 2.83. The third kappa shape index (κ3) is 2.94. The number of hydrogen-bond acceptors (Lipinski definition) is 2. The van der Waals surface area contributed by atoms with Gasteiger partial charge in [0.1, 0.15) is 0 Å². The van der Waals surface area contributed by atoms with E-state index >= 15 is 0 Å². The normalized spacial score (nSPS) is 43.4. The Labute approximate surface area is 94.4 Å². The van der Waals surface area contributed by atoms with Crippen molar-refractivity contribution in [3.63, 3.8) is 0 Å². The van der Waals surface area contributed by atoms with E-state index in [1.165, 1.54) is 38.8 Å². The Hall–Kier alpha value is -0.0800. The van der Waals surface area contributed by atoms with E-state index in [4.69, 9.17) is 0 Å². The molecule has 2 fully saturated rings. The summed E-state index contributed by atoms with van der Waals surface area (Å²) in [4.78, 5) is 2.74. The van der Waals surface area contributed by atoms with Crippen molar-refractivity contribution in [1.82, 2.24) is 10.2 Å². The van der Waals surface area contributed by atoms with Crippen molar-refractivity contribution < 1.29 is 0 Å². The van der Waals surface area contributed by atoms with Crippen LogP contribution in [-0.4, -0.2) is 36.1 Å². The second-order valence-corrected chi connectivity index (χ2v) is 5.57. The highest BCUT2D eigenvalue weighted by Crippen LogP contribution is 2.35. The minimum Gasteiger partial charge on any atom is -0.311 e. The molecule has 0 amide bonds. The lowest BCUT2D eigenvalue weighted by Crippen LogP contribution is -2.44. The van der Waals surface area contributed by atoms with Gasteiger partial charge < -0.3 is 5.32 Å². The first-order valence-corrected chi connectivity index (χ1v) is 6.70. The third-order valence-corrected chi connectivity index (χ3v) is 4.16. The molecule has 88 valence electrons. The van der Waals surface area contributed by atoms with Crippen LogP contribution in [0.4, 0.5) is 0 Å². The van der Waals surface area contributed by atoms with E-state index in [1.807, 2.05) is 0 Å². The summed E-state index contributed by atoms with van der Waals surface area (Å²) in [5.41, 5.74) is 0. The zero-order valence-corrected chi connectivity index (χ0v) is 10.5. The Morgan fingerprint density at radius 3 is 2.47 bits per heavy atom. The SMILES string of the molecule is CCC1CCN(C2CC2C)CCC(C)N1. The second-order valence-electron chi connectivity index (χ2n) is 5.57. The molecule has 1 saturated carbocycles. The van der Waals surface area contributed by atoms with Gasteiger partial charge in [-0.05, 0) is 51.6 Å². The molecule has 2 heteroatoms. The molecule has 1 saturated heterocycles. The molecule has 2 aliphatic rings. The van der Waals surface area contributed by atoms with Gasteiger partial charge in [-0.25, -0.2) is 0 Å². The van der Waals surface area contributed by atoms with Crippen LogP contribution in [0.5, 0.6) is 0 Å². The number of hydrogen-bond donors (Lipinski definition) is 1. The molecule has 1 N–H and O–H groups in total. The van der Waals surface area contributed by atoms with Crippen molar-refractivity contribution >= 4 is 0 Å². The summed E-state index contributed by atoms with van der Waals surface area (Å²) < 4.78 is 0. The van der Waals surface area contributed by atoms with Crippen LogP contribution in [0.3, 0.4) is 0 Å². The molecule has 0 aromatic carbocycles. The summed E-state index contributed by atoms with van der Waals surface area (Å²) in [7, 11) is 0. The second kappa shape index (κ2) is 4.84. The van der Waals surface area contributed by atoms with Crippen molar-refractivity contribution in [2.24, 2.45) is 5.92 Å². The fraction of sp³-hybridized carbons (Fsp3) is 1.00. The maximum Gasteiger partial charge on any atom is 0.0125 e. The first-order valence-electron chi connectivity index (χ1n) is 6.70. The molecular weight excluding hydrogens is 184 g/mol. The highest BCUT2D eigenvalue weighted by atomic mass is 15.2. The van der Waals surface area contributed by atoms with Gasteiger partial charge in [0.25, 0.3) is 0 Å². The average molecular weight is 210 g/mol. The summed E-state index contributed by atoms with van der Waals surface area (Å²) in [6.45, 7) is 9.65. The summed E-state index contributed by atoms with van der Waals surface area (Å²) in [6, 6.07) is 2.37. The fourth-order valence-corrected chi connectivity index (χ4v) is 2.83. The standard InChI is InChI=1S/C13H26N2/c1-4-12-6-8-15(13-9-10(13)2)7-5-11(3)14-12/h10-14H,4-9H2,1-3H3. The maximum absolute atomic E-state index is 3.73. The lowest BCUT2D eigenvalue weighted by atomic mass is 10.1. The minimum atomic E-state index is 0.701. The smallest absolute Gasteiger partial charge is 0.0125 e. The van der Waals surface area contributed by atoms with E-state index in [9.17, 15) is 0 Å². The quantitative estimate of drug-likeness (QED) is 0.752. The summed E-state index contributed by atoms with van der Waals surface area (Å²) in [5, 5.41) is 3.73. The molecule has 4 atom stereocenters. The van der Waals surface area contributed by atoms with Gasteiger partial charge in [0, 0.05) is 18.1 Å². The molecule has 0 bridgehead atoms. The van der Waals surface area contributed by atoms with Gasteiger partial charge in [0.2, 0.25) is 0 Å². The molecule has 2 nitrogen and oxygen atoms in total. The first-order chi connectivity index (χ1) is 7.20. The first kappa shape index (κ1) is 11.4. The average Bonchev–Trinajstić information content (AvgIpc) is 2.89. The summed E-state index contributed by atoms with van der Waals surface area (Å²) in [5.74, 6) is 0.966. The maximum atomic E-state index is 3.73. The molecule has 2 rings (SSSR count). The van der Waals surface area contributed by atoms with E-state index in [-0.39, 0.29) is 0 Å². The summed E-state index contributed by atoms with van der Waals surface area (Å²) >= 11 is 0. The molecule has 0 aromatic heterocycles. The van der Waals surface area contributed by atoms with Gasteiger partial charge in [0.05, 0.1) is 0 Å². The highest BCUT2D eigenvalue weighted by molar-refractivity contribution is 4.93. The van der Waals surface area contributed by atoms with Crippen LogP contribution < -0.4 is 5.32 Å². The van der Waals surface area contributed by atoms with Gasteiger partial charge in [-0.2, -0.15) is 0 Å². The highest BCUT2D eigenvalue weighted by Gasteiger charge is 2.38. The Morgan fingerprint density at radius 1 is 1.20 bits per heavy atom. The largest absolute Gasteiger partial charge is 0.311 e. The van der Waals surface area contributed by atoms with Gasteiger partial charge in [-0.15, -0.1) is 0 Å². The number of nitrogens with zero attached hydrogens (tertiary/aromatic N) is 1. The molecule has 4 unspecified atom stereocenters. The van der Waals surface area contributed by atoms with Gasteiger partial charge in [0.15, 0.2) is 0 Å². The van der Waals surface area contributed by atoms with Crippen LogP contribution in [0.2, 0.25) is 0 Å². The van der Waals surface area contributed by atoms with Crippen molar-refractivity contribution in [2.75, 3.05) is 13.1 Å². The van der Waals surface area contributed by atoms with E-state index < -0.39 is 0 Å². The predicted octanol–water partition coefficient (Wildman–Crippen LogP) is 2.25. The van der Waals surface area contributed by atoms with E-state index in [0.29, 0.717) is 6.04 Å². The lowest BCUT2D eigenvalue weighted by molar-refractivity contribution is 0.199. The Balaban J connectivity index is 1.87. The predicted molar refractivity (Wildman–Crippen MR) is 65.1 cm³/mol. The Bertz CT molecular complexity index is 205. The van der Waals surface area contributed by atoms with Gasteiger partial charge in [-0.1, -0.05) is 13.8 Å². The Kier molecular flexibility index (Phi) is 3.68. The van der Waals surface area contributed by atoms with Crippen molar-refractivity contribution in [3.05, 3.63) is 0 Å². The van der Waals surface area contributed by atoms with Crippen LogP contribution in [0, 0.1) is 5.92 Å². The molecule has 1 aliphatic carbocycles. The van der Waals surface area contributed by atoms with Crippen LogP contribution in [0.25, 0.3) is 0 Å². The van der Waals surface area contributed by atoms with Gasteiger partial charge in [-0.3, -0.25) is 4.90 Å². The monoisotopic (exact) mass is 210 g/mol. The third-order valence-electron chi connectivity index (χ3n) is 4.16. The molecular formula is C13H26N2. The molecule has 0 spiro atoms. The molecule has 1 aliphatic heterocycles. The van der Waals surface area contributed by atoms with Crippen molar-refractivity contribution in [3.8, 4) is 0 Å². The minimum absolute atomic E-state index is 0.701. The summed E-state index contributed by atoms with van der Waals surface area (Å²) in [6.07, 6.45) is 5.38. The topological polar surface area (TPSA) is 15.3 Å². The van der Waals surface area contributed by atoms with Crippen LogP contribution in [0.15, 0.2) is 0 Å². The number of nitrogens with one attached hydrogen (secondary N) is 1. The number of rotatable bonds is 2. The lowest BCUT2D eigenvalue weighted by Gasteiger charge is -2.32. The zero-order chi connectivity index (χ0) is 10.8. The van der Waals surface area contributed by atoms with Gasteiger partial charge >= 0.3 is 0 Å². The molecule has 0 aromatic rings. The van der Waals surface area contributed by atoms with Crippen molar-refractivity contribution in [2.45, 2.75) is 64.6 Å². The van der Waals surface area contributed by atoms with E-state index in [1.54, 1.807) is 0 Å². The molecule has 0 radical (unpaired) electrons. The van der Waals surface area contributed by atoms with Crippen LogP contribution >= 0.6 is 0 Å². The van der Waals surface area contributed by atoms with Crippen molar-refractivity contribution in [1.29, 1.82) is 0 Å².